The number of ether oxygens (including phenoxy) is 1. The monoisotopic (exact) mass is 271 g/mol. The summed E-state index contributed by atoms with van der Waals surface area (Å²) in [5.74, 6) is -0.135. The van der Waals surface area contributed by atoms with Crippen LogP contribution in [0.2, 0.25) is 5.02 Å². The highest BCUT2D eigenvalue weighted by molar-refractivity contribution is 6.33. The summed E-state index contributed by atoms with van der Waals surface area (Å²) in [5.41, 5.74) is 1.65. The number of hydrogen-bond donors (Lipinski definition) is 0. The Hall–Kier alpha value is -1.24. The third-order valence-corrected chi connectivity index (χ3v) is 2.86. The first-order chi connectivity index (χ1) is 8.12. The number of nitriles is 1. The van der Waals surface area contributed by atoms with Crippen LogP contribution in [0.4, 0.5) is 0 Å². The second-order valence-electron chi connectivity index (χ2n) is 3.34. The number of carbonyl (C=O) groups is 1. The molecule has 0 bridgehead atoms. The lowest BCUT2D eigenvalue weighted by Gasteiger charge is -2.07. The fourth-order valence-corrected chi connectivity index (χ4v) is 1.91. The Balaban J connectivity index is 3.02. The third-order valence-electron chi connectivity index (χ3n) is 2.13. The first-order valence-corrected chi connectivity index (χ1v) is 5.96. The van der Waals surface area contributed by atoms with Crippen LogP contribution in [-0.2, 0) is 21.8 Å². The third kappa shape index (κ3) is 3.62. The molecule has 0 N–H and O–H groups in total. The zero-order valence-corrected chi connectivity index (χ0v) is 10.8. The van der Waals surface area contributed by atoms with Gasteiger partial charge in [0.1, 0.15) is 6.07 Å². The summed E-state index contributed by atoms with van der Waals surface area (Å²) >= 11 is 11.7. The van der Waals surface area contributed by atoms with Gasteiger partial charge >= 0.3 is 5.97 Å². The van der Waals surface area contributed by atoms with Gasteiger partial charge in [-0.1, -0.05) is 17.7 Å². The first kappa shape index (κ1) is 13.8. The Bertz CT molecular complexity index is 466. The predicted octanol–water partition coefficient (Wildman–Crippen LogP) is 3.06. The summed E-state index contributed by atoms with van der Waals surface area (Å²) in [4.78, 5) is 11.3. The molecule has 0 fully saturated rings. The van der Waals surface area contributed by atoms with E-state index in [2.05, 4.69) is 0 Å². The largest absolute Gasteiger partial charge is 0.466 e. The zero-order valence-electron chi connectivity index (χ0n) is 9.30. The number of nitrogens with zero attached hydrogens (tertiary/aromatic N) is 1. The van der Waals surface area contributed by atoms with E-state index < -0.39 is 0 Å². The van der Waals surface area contributed by atoms with Gasteiger partial charge in [-0.15, -0.1) is 11.6 Å². The van der Waals surface area contributed by atoms with Crippen molar-refractivity contribution in [2.75, 3.05) is 6.61 Å². The van der Waals surface area contributed by atoms with Crippen molar-refractivity contribution in [1.82, 2.24) is 0 Å². The molecule has 0 aliphatic heterocycles. The lowest BCUT2D eigenvalue weighted by molar-refractivity contribution is -0.142. The SMILES string of the molecule is CCOC(=O)Cc1cc(C#N)c(Cl)c(CCl)c1. The fraction of sp³-hybridized carbons (Fsp3) is 0.333. The molecule has 1 aromatic rings. The van der Waals surface area contributed by atoms with E-state index in [9.17, 15) is 4.79 Å². The minimum atomic E-state index is -0.334. The maximum atomic E-state index is 11.3. The second kappa shape index (κ2) is 6.48. The van der Waals surface area contributed by atoms with Gasteiger partial charge in [-0.25, -0.2) is 0 Å². The molecular formula is C12H11Cl2NO2. The molecular weight excluding hydrogens is 261 g/mol. The molecule has 90 valence electrons. The van der Waals surface area contributed by atoms with Crippen molar-refractivity contribution >= 4 is 29.2 Å². The lowest BCUT2D eigenvalue weighted by Crippen LogP contribution is -2.08. The lowest BCUT2D eigenvalue weighted by atomic mass is 10.0. The molecule has 0 saturated heterocycles. The van der Waals surface area contributed by atoms with Crippen LogP contribution in [0.15, 0.2) is 12.1 Å². The first-order valence-electron chi connectivity index (χ1n) is 5.05. The van der Waals surface area contributed by atoms with E-state index in [0.29, 0.717) is 28.3 Å². The number of halogens is 2. The molecule has 1 aromatic carbocycles. The maximum absolute atomic E-state index is 11.3. The Labute approximate surface area is 110 Å². The van der Waals surface area contributed by atoms with Gasteiger partial charge in [-0.3, -0.25) is 4.79 Å². The molecule has 0 atom stereocenters. The average Bonchev–Trinajstić information content (AvgIpc) is 2.31. The molecule has 5 heteroatoms. The Morgan fingerprint density at radius 1 is 1.53 bits per heavy atom. The quantitative estimate of drug-likeness (QED) is 0.625. The molecule has 0 heterocycles. The van der Waals surface area contributed by atoms with E-state index in [1.165, 1.54) is 0 Å². The molecule has 0 saturated carbocycles. The molecule has 0 amide bonds. The van der Waals surface area contributed by atoms with Crippen LogP contribution in [0.1, 0.15) is 23.6 Å². The Kier molecular flexibility index (Phi) is 5.27. The molecule has 0 spiro atoms. The summed E-state index contributed by atoms with van der Waals surface area (Å²) in [6.07, 6.45) is 0.115. The summed E-state index contributed by atoms with van der Waals surface area (Å²) in [6, 6.07) is 5.27. The highest BCUT2D eigenvalue weighted by atomic mass is 35.5. The standard InChI is InChI=1S/C12H11Cl2NO2/c1-2-17-11(16)5-8-3-9(6-13)12(14)10(4-8)7-15/h3-4H,2,5-6H2,1H3. The van der Waals surface area contributed by atoms with E-state index in [-0.39, 0.29) is 18.3 Å². The molecule has 0 unspecified atom stereocenters. The molecule has 0 radical (unpaired) electrons. The van der Waals surface area contributed by atoms with Crippen molar-refractivity contribution in [3.05, 3.63) is 33.8 Å². The van der Waals surface area contributed by atoms with Crippen molar-refractivity contribution in [2.45, 2.75) is 19.2 Å². The normalized spacial score (nSPS) is 9.76. The average molecular weight is 272 g/mol. The fourth-order valence-electron chi connectivity index (χ4n) is 1.41. The molecule has 0 aromatic heterocycles. The van der Waals surface area contributed by atoms with Crippen LogP contribution in [-0.4, -0.2) is 12.6 Å². The van der Waals surface area contributed by atoms with Crippen LogP contribution in [0, 0.1) is 11.3 Å². The summed E-state index contributed by atoms with van der Waals surface area (Å²) in [6.45, 7) is 2.07. The van der Waals surface area contributed by atoms with Crippen LogP contribution in [0.25, 0.3) is 0 Å². The Morgan fingerprint density at radius 2 is 2.24 bits per heavy atom. The van der Waals surface area contributed by atoms with E-state index in [1.54, 1.807) is 19.1 Å². The highest BCUT2D eigenvalue weighted by Gasteiger charge is 2.11. The van der Waals surface area contributed by atoms with Gasteiger partial charge in [0.25, 0.3) is 0 Å². The van der Waals surface area contributed by atoms with Crippen LogP contribution < -0.4 is 0 Å². The van der Waals surface area contributed by atoms with Gasteiger partial charge in [0.15, 0.2) is 0 Å². The summed E-state index contributed by atoms with van der Waals surface area (Å²) in [7, 11) is 0. The number of hydrogen-bond acceptors (Lipinski definition) is 3. The van der Waals surface area contributed by atoms with E-state index in [4.69, 9.17) is 33.2 Å². The van der Waals surface area contributed by atoms with Gasteiger partial charge in [0, 0.05) is 5.88 Å². The van der Waals surface area contributed by atoms with Crippen molar-refractivity contribution < 1.29 is 9.53 Å². The van der Waals surface area contributed by atoms with Gasteiger partial charge < -0.3 is 4.74 Å². The Morgan fingerprint density at radius 3 is 2.76 bits per heavy atom. The molecule has 1 rings (SSSR count). The summed E-state index contributed by atoms with van der Waals surface area (Å²) < 4.78 is 4.84. The van der Waals surface area contributed by atoms with Crippen molar-refractivity contribution in [1.29, 1.82) is 5.26 Å². The van der Waals surface area contributed by atoms with E-state index in [0.717, 1.165) is 0 Å². The minimum Gasteiger partial charge on any atom is -0.466 e. The van der Waals surface area contributed by atoms with Crippen molar-refractivity contribution in [2.24, 2.45) is 0 Å². The zero-order chi connectivity index (χ0) is 12.8. The number of carbonyl (C=O) groups excluding carboxylic acids is 1. The van der Waals surface area contributed by atoms with E-state index in [1.807, 2.05) is 6.07 Å². The van der Waals surface area contributed by atoms with Gasteiger partial charge in [0.05, 0.1) is 23.6 Å². The van der Waals surface area contributed by atoms with Crippen LogP contribution in [0.5, 0.6) is 0 Å². The van der Waals surface area contributed by atoms with Crippen molar-refractivity contribution in [3.8, 4) is 6.07 Å². The number of alkyl halides is 1. The molecule has 0 aliphatic carbocycles. The molecule has 0 aliphatic rings. The topological polar surface area (TPSA) is 50.1 Å². The van der Waals surface area contributed by atoms with Crippen LogP contribution >= 0.6 is 23.2 Å². The minimum absolute atomic E-state index is 0.115. The number of rotatable bonds is 4. The number of benzene rings is 1. The molecule has 3 nitrogen and oxygen atoms in total. The number of esters is 1. The summed E-state index contributed by atoms with van der Waals surface area (Å²) in [5, 5.41) is 9.25. The highest BCUT2D eigenvalue weighted by Crippen LogP contribution is 2.24. The maximum Gasteiger partial charge on any atom is 0.310 e. The predicted molar refractivity (Wildman–Crippen MR) is 66.1 cm³/mol. The van der Waals surface area contributed by atoms with Crippen molar-refractivity contribution in [3.63, 3.8) is 0 Å². The van der Waals surface area contributed by atoms with Gasteiger partial charge in [0.2, 0.25) is 0 Å². The smallest absolute Gasteiger partial charge is 0.310 e. The second-order valence-corrected chi connectivity index (χ2v) is 3.99. The van der Waals surface area contributed by atoms with Gasteiger partial charge in [-0.2, -0.15) is 5.26 Å². The van der Waals surface area contributed by atoms with Crippen LogP contribution in [0.3, 0.4) is 0 Å². The van der Waals surface area contributed by atoms with E-state index >= 15 is 0 Å². The van der Waals surface area contributed by atoms with Gasteiger partial charge in [-0.05, 0) is 24.1 Å². The molecule has 17 heavy (non-hydrogen) atoms.